The Morgan fingerprint density at radius 2 is 0.867 bits per heavy atom. The van der Waals surface area contributed by atoms with E-state index in [1.54, 1.807) is 4.91 Å². The summed E-state index contributed by atoms with van der Waals surface area (Å²) < 4.78 is 0. The van der Waals surface area contributed by atoms with Crippen molar-refractivity contribution in [2.24, 2.45) is 0 Å². The molecule has 5 N–H and O–H groups in total. The number of hydrogen-bond acceptors (Lipinski definition) is 1. The molecule has 15 heavy (non-hydrogen) atoms. The number of hydrogen-bond donors (Lipinski definition) is 1. The molecule has 0 aromatic rings. The van der Waals surface area contributed by atoms with E-state index < -0.39 is 0 Å². The Labute approximate surface area is 98.4 Å². The molecule has 0 saturated carbocycles. The minimum absolute atomic E-state index is 0. The van der Waals surface area contributed by atoms with E-state index in [9.17, 15) is 0 Å². The van der Waals surface area contributed by atoms with Crippen LogP contribution in [-0.4, -0.2) is 26.2 Å². The molecule has 0 unspecified atom stereocenters. The van der Waals surface area contributed by atoms with Crippen molar-refractivity contribution in [3.8, 4) is 0 Å². The molecule has 0 heterocycles. The Hall–Kier alpha value is -1.03. The van der Waals surface area contributed by atoms with E-state index in [2.05, 4.69) is 0 Å². The maximum Gasteiger partial charge on any atom is 0 e. The van der Waals surface area contributed by atoms with E-state index >= 15 is 0 Å². The average Bonchev–Trinajstić information content (AvgIpc) is 2.20. The van der Waals surface area contributed by atoms with E-state index in [1.807, 2.05) is 0 Å². The molecule has 0 aliphatic rings. The van der Waals surface area contributed by atoms with Gasteiger partial charge in [-0.25, -0.2) is 0 Å². The van der Waals surface area contributed by atoms with Gasteiger partial charge in [0.05, 0.1) is 0 Å². The smallest absolute Gasteiger partial charge is 0 e. The molecular weight excluding hydrogens is 247 g/mol. The quantitative estimate of drug-likeness (QED) is 0.424. The van der Waals surface area contributed by atoms with Crippen LogP contribution in [0.4, 0.5) is 0 Å². The Balaban J connectivity index is -0.0000000293. The fourth-order valence-electron chi connectivity index (χ4n) is 0. The molecule has 11 heteroatoms. The van der Waals surface area contributed by atoms with Crippen LogP contribution in [-0.2, 0) is 16.8 Å². The van der Waals surface area contributed by atoms with Gasteiger partial charge in [-0.1, -0.05) is 0 Å². The van der Waals surface area contributed by atoms with Crippen molar-refractivity contribution >= 4 is 0 Å². The van der Waals surface area contributed by atoms with Crippen LogP contribution in [0, 0.1) is 5.53 Å². The third-order valence-corrected chi connectivity index (χ3v) is 0.250. The number of nitrogens with zero attached hydrogens (tertiary/aromatic N) is 5. The van der Waals surface area contributed by atoms with Gasteiger partial charge < -0.3 is 34.0 Å². The molecule has 0 aromatic carbocycles. The fourth-order valence-corrected chi connectivity index (χ4v) is 0. The van der Waals surface area contributed by atoms with Crippen LogP contribution in [0.25, 0.3) is 49.4 Å². The van der Waals surface area contributed by atoms with Gasteiger partial charge in [-0.3, -0.25) is 4.91 Å². The molecule has 93 valence electrons. The minimum Gasteiger partial charge on any atom is -0.679 e. The predicted octanol–water partition coefficient (Wildman–Crippen LogP) is 3.92. The summed E-state index contributed by atoms with van der Waals surface area (Å²) in [4.78, 5) is 3.25. The molecule has 0 aliphatic carbocycles. The van der Waals surface area contributed by atoms with Crippen LogP contribution in [0.5, 0.6) is 0 Å². The summed E-state index contributed by atoms with van der Waals surface area (Å²) in [5.74, 6) is 0. The normalized spacial score (nSPS) is 5.07. The second kappa shape index (κ2) is 75.3. The van der Waals surface area contributed by atoms with E-state index in [-0.39, 0.29) is 43.0 Å². The summed E-state index contributed by atoms with van der Waals surface area (Å²) in [6.45, 7) is 0.944. The molecule has 0 spiro atoms. The van der Waals surface area contributed by atoms with Crippen molar-refractivity contribution in [1.82, 2.24) is 0 Å². The molecule has 1 radical (unpaired) electrons. The van der Waals surface area contributed by atoms with Crippen molar-refractivity contribution in [1.29, 1.82) is 5.53 Å². The van der Waals surface area contributed by atoms with Gasteiger partial charge in [0.15, 0.2) is 0 Å². The molecule has 10 nitrogen and oxygen atoms in total. The van der Waals surface area contributed by atoms with E-state index in [4.69, 9.17) is 45.1 Å². The summed E-state index contributed by atoms with van der Waals surface area (Å²) in [6.07, 6.45) is 0. The van der Waals surface area contributed by atoms with Crippen LogP contribution < -0.4 is 0 Å². The molecular formula is C4H13CoN10-5. The second-order valence-electron chi connectivity index (χ2n) is 1.19. The average molecular weight is 260 g/mol. The van der Waals surface area contributed by atoms with Crippen molar-refractivity contribution in [3.63, 3.8) is 0 Å². The largest absolute Gasteiger partial charge is 0.679 e. The first-order valence-corrected chi connectivity index (χ1v) is 3.24. The second-order valence-corrected chi connectivity index (χ2v) is 1.19. The molecule has 0 fully saturated rings. The Morgan fingerprint density at radius 1 is 0.800 bits per heavy atom. The minimum atomic E-state index is 0. The molecule has 0 rings (SSSR count). The monoisotopic (exact) mass is 260 g/mol. The van der Waals surface area contributed by atoms with Crippen LogP contribution in [0.3, 0.4) is 0 Å². The zero-order chi connectivity index (χ0) is 12.2. The summed E-state index contributed by atoms with van der Waals surface area (Å²) in [5.41, 5.74) is 50.8. The summed E-state index contributed by atoms with van der Waals surface area (Å²) in [7, 11) is 0. The van der Waals surface area contributed by atoms with Crippen molar-refractivity contribution in [3.05, 3.63) is 49.4 Å². The maximum atomic E-state index is 6.86. The van der Waals surface area contributed by atoms with Crippen LogP contribution in [0.1, 0.15) is 0 Å². The van der Waals surface area contributed by atoms with Gasteiger partial charge in [0.25, 0.3) is 0 Å². The summed E-state index contributed by atoms with van der Waals surface area (Å²) >= 11 is 0. The topological polar surface area (TPSA) is 214 Å². The van der Waals surface area contributed by atoms with Crippen molar-refractivity contribution < 1.29 is 16.8 Å². The third-order valence-electron chi connectivity index (χ3n) is 0.250. The summed E-state index contributed by atoms with van der Waals surface area (Å²) in [6, 6.07) is 0. The van der Waals surface area contributed by atoms with E-state index in [1.165, 1.54) is 4.91 Å². The van der Waals surface area contributed by atoms with Gasteiger partial charge in [-0.15, -0.1) is 5.53 Å². The molecule has 0 amide bonds. The maximum absolute atomic E-state index is 6.86. The van der Waals surface area contributed by atoms with Gasteiger partial charge in [-0.05, 0) is 10.4 Å². The van der Waals surface area contributed by atoms with E-state index in [0.717, 1.165) is 0 Å². The first kappa shape index (κ1) is 29.2. The summed E-state index contributed by atoms with van der Waals surface area (Å²) in [5, 5.41) is 0. The zero-order valence-corrected chi connectivity index (χ0v) is 8.94. The van der Waals surface area contributed by atoms with Crippen LogP contribution in [0.15, 0.2) is 0 Å². The molecule has 0 bridgehead atoms. The molecule has 0 saturated heterocycles. The molecule has 0 aromatic heterocycles. The predicted molar refractivity (Wildman–Crippen MR) is 56.3 cm³/mol. The van der Waals surface area contributed by atoms with Crippen LogP contribution in [0.2, 0.25) is 0 Å². The Bertz CT molecular complexity index is 105. The van der Waals surface area contributed by atoms with Crippen molar-refractivity contribution in [2.45, 2.75) is 0 Å². The van der Waals surface area contributed by atoms with Gasteiger partial charge in [0.1, 0.15) is 0 Å². The molecule has 0 atom stereocenters. The van der Waals surface area contributed by atoms with Crippen molar-refractivity contribution in [2.75, 3.05) is 26.2 Å². The van der Waals surface area contributed by atoms with Gasteiger partial charge in [-0.2, -0.15) is 26.2 Å². The Morgan fingerprint density at radius 3 is 0.867 bits per heavy atom. The zero-order valence-electron chi connectivity index (χ0n) is 7.90. The standard InChI is InChI=1S/2C2H6N2.Co.HN3.N3/c2*3-1-2-4;;2*1-3-2/h2*3-4H,1-2H2;;1H;/q2*-2;;;-1. The Kier molecular flexibility index (Phi) is 147. The fraction of sp³-hybridized carbons (Fsp3) is 1.00. The van der Waals surface area contributed by atoms with Gasteiger partial charge in [0, 0.05) is 16.8 Å². The number of rotatable bonds is 2. The SMILES string of the molecule is [Co].[N-]=[N+]=N.[N-]=[N+]=[N-].[NH-]CC[NH-].[NH-]CC[NH-]. The third kappa shape index (κ3) is 1670. The van der Waals surface area contributed by atoms with Crippen LogP contribution >= 0.6 is 0 Å². The first-order valence-electron chi connectivity index (χ1n) is 3.24. The first-order chi connectivity index (χ1) is 6.66. The molecule has 0 aliphatic heterocycles. The van der Waals surface area contributed by atoms with Gasteiger partial charge >= 0.3 is 0 Å². The number of nitrogens with one attached hydrogen (secondary N) is 5. The van der Waals surface area contributed by atoms with E-state index in [0.29, 0.717) is 0 Å². The van der Waals surface area contributed by atoms with Gasteiger partial charge in [0.2, 0.25) is 0 Å².